The van der Waals surface area contributed by atoms with Crippen LogP contribution in [0.2, 0.25) is 0 Å². The van der Waals surface area contributed by atoms with Gasteiger partial charge in [0.05, 0.1) is 11.1 Å². The van der Waals surface area contributed by atoms with Crippen molar-refractivity contribution in [3.05, 3.63) is 35.4 Å². The molecule has 2 rings (SSSR count). The van der Waals surface area contributed by atoms with Crippen molar-refractivity contribution in [3.8, 4) is 0 Å². The summed E-state index contributed by atoms with van der Waals surface area (Å²) in [6.07, 6.45) is 1.45. The molecule has 1 aromatic rings. The molecule has 0 saturated carbocycles. The standard InChI is InChI=1S/C21H29ClN4O4/c1-7-10-30-19(28)16-14(3)23-15(4)24-17(16)18(27)25-8-9-26(13(2)11-25)20(29)21(5,6)12-22/h7,13H,1,8-12H2,2-6H3. The predicted molar refractivity (Wildman–Crippen MR) is 114 cm³/mol. The van der Waals surface area contributed by atoms with E-state index in [9.17, 15) is 14.4 Å². The highest BCUT2D eigenvalue weighted by Gasteiger charge is 2.38. The summed E-state index contributed by atoms with van der Waals surface area (Å²) in [5.74, 6) is -0.486. The largest absolute Gasteiger partial charge is 0.458 e. The Morgan fingerprint density at radius 2 is 1.93 bits per heavy atom. The van der Waals surface area contributed by atoms with Gasteiger partial charge >= 0.3 is 5.97 Å². The first kappa shape index (κ1) is 23.8. The van der Waals surface area contributed by atoms with Crippen LogP contribution < -0.4 is 0 Å². The fourth-order valence-corrected chi connectivity index (χ4v) is 3.47. The van der Waals surface area contributed by atoms with Crippen molar-refractivity contribution in [2.24, 2.45) is 5.41 Å². The molecule has 1 aliphatic rings. The summed E-state index contributed by atoms with van der Waals surface area (Å²) in [5.41, 5.74) is -0.222. The molecule has 0 radical (unpaired) electrons. The fraction of sp³-hybridized carbons (Fsp3) is 0.571. The lowest BCUT2D eigenvalue weighted by atomic mass is 9.93. The molecule has 1 fully saturated rings. The van der Waals surface area contributed by atoms with Gasteiger partial charge in [-0.2, -0.15) is 0 Å². The zero-order chi connectivity index (χ0) is 22.6. The summed E-state index contributed by atoms with van der Waals surface area (Å²) in [6.45, 7) is 13.4. The summed E-state index contributed by atoms with van der Waals surface area (Å²) in [4.78, 5) is 50.4. The van der Waals surface area contributed by atoms with E-state index < -0.39 is 11.4 Å². The molecular formula is C21H29ClN4O4. The van der Waals surface area contributed by atoms with E-state index in [1.54, 1.807) is 37.5 Å². The topological polar surface area (TPSA) is 92.7 Å². The summed E-state index contributed by atoms with van der Waals surface area (Å²) in [7, 11) is 0. The Morgan fingerprint density at radius 1 is 1.27 bits per heavy atom. The smallest absolute Gasteiger partial charge is 0.342 e. The Bertz CT molecular complexity index is 856. The van der Waals surface area contributed by atoms with Crippen LogP contribution >= 0.6 is 11.6 Å². The number of hydrogen-bond acceptors (Lipinski definition) is 6. The monoisotopic (exact) mass is 436 g/mol. The molecule has 0 bridgehead atoms. The summed E-state index contributed by atoms with van der Waals surface area (Å²) in [5, 5.41) is 0. The number of alkyl halides is 1. The minimum atomic E-state index is -0.676. The van der Waals surface area contributed by atoms with Gasteiger partial charge in [-0.1, -0.05) is 12.7 Å². The third-order valence-corrected chi connectivity index (χ3v) is 5.70. The average molecular weight is 437 g/mol. The van der Waals surface area contributed by atoms with Crippen molar-refractivity contribution >= 4 is 29.4 Å². The second-order valence-corrected chi connectivity index (χ2v) is 8.35. The Morgan fingerprint density at radius 3 is 2.50 bits per heavy atom. The van der Waals surface area contributed by atoms with Crippen molar-refractivity contribution in [1.82, 2.24) is 19.8 Å². The molecule has 0 aromatic carbocycles. The number of carbonyl (C=O) groups excluding carboxylic acids is 3. The highest BCUT2D eigenvalue weighted by atomic mass is 35.5. The summed E-state index contributed by atoms with van der Waals surface area (Å²) >= 11 is 5.95. The quantitative estimate of drug-likeness (QED) is 0.386. The lowest BCUT2D eigenvalue weighted by Gasteiger charge is -2.42. The van der Waals surface area contributed by atoms with Gasteiger partial charge in [-0.05, 0) is 34.6 Å². The van der Waals surface area contributed by atoms with Gasteiger partial charge in [0.2, 0.25) is 5.91 Å². The molecule has 0 spiro atoms. The molecule has 2 heterocycles. The maximum Gasteiger partial charge on any atom is 0.342 e. The van der Waals surface area contributed by atoms with Crippen LogP contribution in [0.5, 0.6) is 0 Å². The number of carbonyl (C=O) groups is 3. The minimum Gasteiger partial charge on any atom is -0.458 e. The fourth-order valence-electron chi connectivity index (χ4n) is 3.36. The number of piperazine rings is 1. The number of halogens is 1. The number of aryl methyl sites for hydroxylation is 2. The maximum absolute atomic E-state index is 13.3. The highest BCUT2D eigenvalue weighted by Crippen LogP contribution is 2.25. The minimum absolute atomic E-state index is 0.0159. The van der Waals surface area contributed by atoms with E-state index >= 15 is 0 Å². The van der Waals surface area contributed by atoms with Crippen molar-refractivity contribution in [2.45, 2.75) is 40.7 Å². The molecule has 8 nitrogen and oxygen atoms in total. The number of amides is 2. The van der Waals surface area contributed by atoms with E-state index in [1.807, 2.05) is 6.92 Å². The Hall–Kier alpha value is -2.48. The van der Waals surface area contributed by atoms with Gasteiger partial charge < -0.3 is 14.5 Å². The molecule has 164 valence electrons. The van der Waals surface area contributed by atoms with Crippen molar-refractivity contribution in [2.75, 3.05) is 32.1 Å². The van der Waals surface area contributed by atoms with Gasteiger partial charge in [0.15, 0.2) is 0 Å². The molecule has 1 atom stereocenters. The second-order valence-electron chi connectivity index (χ2n) is 8.08. The average Bonchev–Trinajstić information content (AvgIpc) is 2.70. The lowest BCUT2D eigenvalue weighted by molar-refractivity contribution is -0.143. The number of rotatable bonds is 6. The zero-order valence-electron chi connectivity index (χ0n) is 18.2. The normalized spacial score (nSPS) is 16.9. The Kier molecular flexibility index (Phi) is 7.58. The third kappa shape index (κ3) is 4.98. The van der Waals surface area contributed by atoms with Crippen LogP contribution in [0.1, 0.15) is 53.1 Å². The second kappa shape index (κ2) is 9.55. The zero-order valence-corrected chi connectivity index (χ0v) is 19.0. The summed E-state index contributed by atoms with van der Waals surface area (Å²) in [6, 6.07) is -0.196. The third-order valence-electron chi connectivity index (χ3n) is 5.03. The number of nitrogens with zero attached hydrogens (tertiary/aromatic N) is 4. The van der Waals surface area contributed by atoms with E-state index in [0.29, 0.717) is 31.2 Å². The Labute approximate surface area is 182 Å². The molecule has 1 unspecified atom stereocenters. The van der Waals surface area contributed by atoms with Gasteiger partial charge in [-0.3, -0.25) is 9.59 Å². The SMILES string of the molecule is C=CCOC(=O)c1c(C)nc(C)nc1C(=O)N1CCN(C(=O)C(C)(C)CCl)C(C)C1. The van der Waals surface area contributed by atoms with Crippen LogP contribution in [0.15, 0.2) is 12.7 Å². The van der Waals surface area contributed by atoms with Gasteiger partial charge in [0.25, 0.3) is 5.91 Å². The number of esters is 1. The molecule has 1 saturated heterocycles. The van der Waals surface area contributed by atoms with Crippen LogP contribution in [0, 0.1) is 19.3 Å². The number of hydrogen-bond donors (Lipinski definition) is 0. The predicted octanol–water partition coefficient (Wildman–Crippen LogP) is 2.37. The number of aromatic nitrogens is 2. The van der Waals surface area contributed by atoms with Crippen molar-refractivity contribution in [1.29, 1.82) is 0 Å². The van der Waals surface area contributed by atoms with Gasteiger partial charge in [0.1, 0.15) is 23.7 Å². The maximum atomic E-state index is 13.3. The molecule has 30 heavy (non-hydrogen) atoms. The first-order chi connectivity index (χ1) is 14.0. The highest BCUT2D eigenvalue weighted by molar-refractivity contribution is 6.19. The van der Waals surface area contributed by atoms with E-state index in [2.05, 4.69) is 16.5 Å². The van der Waals surface area contributed by atoms with Gasteiger partial charge in [0, 0.05) is 31.6 Å². The summed E-state index contributed by atoms with van der Waals surface area (Å²) < 4.78 is 5.12. The van der Waals surface area contributed by atoms with Crippen LogP contribution in [-0.2, 0) is 9.53 Å². The molecule has 2 amide bonds. The van der Waals surface area contributed by atoms with E-state index in [-0.39, 0.29) is 41.6 Å². The molecular weight excluding hydrogens is 408 g/mol. The Balaban J connectivity index is 2.27. The van der Waals surface area contributed by atoms with E-state index in [4.69, 9.17) is 16.3 Å². The van der Waals surface area contributed by atoms with Crippen LogP contribution in [0.25, 0.3) is 0 Å². The van der Waals surface area contributed by atoms with Crippen molar-refractivity contribution < 1.29 is 19.1 Å². The molecule has 9 heteroatoms. The van der Waals surface area contributed by atoms with Gasteiger partial charge in [-0.25, -0.2) is 14.8 Å². The first-order valence-corrected chi connectivity index (χ1v) is 10.4. The van der Waals surface area contributed by atoms with Crippen LogP contribution in [-0.4, -0.2) is 75.7 Å². The first-order valence-electron chi connectivity index (χ1n) is 9.83. The molecule has 1 aromatic heterocycles. The molecule has 0 aliphatic carbocycles. The lowest BCUT2D eigenvalue weighted by Crippen LogP contribution is -2.58. The van der Waals surface area contributed by atoms with E-state index in [1.165, 1.54) is 6.08 Å². The van der Waals surface area contributed by atoms with Crippen LogP contribution in [0.4, 0.5) is 0 Å². The van der Waals surface area contributed by atoms with Gasteiger partial charge in [-0.15, -0.1) is 11.6 Å². The molecule has 1 aliphatic heterocycles. The van der Waals surface area contributed by atoms with Crippen LogP contribution in [0.3, 0.4) is 0 Å². The van der Waals surface area contributed by atoms with E-state index in [0.717, 1.165) is 0 Å². The van der Waals surface area contributed by atoms with Crippen molar-refractivity contribution in [3.63, 3.8) is 0 Å². The number of ether oxygens (including phenoxy) is 1. The molecule has 0 N–H and O–H groups in total.